The summed E-state index contributed by atoms with van der Waals surface area (Å²) >= 11 is 0. The maximum absolute atomic E-state index is 12.1. The monoisotopic (exact) mass is 394 g/mol. The zero-order valence-electron chi connectivity index (χ0n) is 15.5. The number of benzene rings is 2. The quantitative estimate of drug-likeness (QED) is 0.426. The number of amides is 1. The van der Waals surface area contributed by atoms with Crippen LogP contribution in [0.25, 0.3) is 0 Å². The van der Waals surface area contributed by atoms with Crippen LogP contribution in [0.1, 0.15) is 21.5 Å². The molecular formula is C20H18N4O5. The lowest BCUT2D eigenvalue weighted by atomic mass is 10.2. The molecule has 2 aromatic carbocycles. The van der Waals surface area contributed by atoms with Crippen molar-refractivity contribution in [3.05, 3.63) is 92.1 Å². The first kappa shape index (κ1) is 19.6. The molecule has 0 radical (unpaired) electrons. The van der Waals surface area contributed by atoms with Gasteiger partial charge in [-0.2, -0.15) is 5.10 Å². The Balaban J connectivity index is 1.83. The third-order valence-electron chi connectivity index (χ3n) is 4.10. The molecule has 0 fully saturated rings. The van der Waals surface area contributed by atoms with E-state index < -0.39 is 23.0 Å². The summed E-state index contributed by atoms with van der Waals surface area (Å²) in [5.74, 6) is -0.398. The highest BCUT2D eigenvalue weighted by Crippen LogP contribution is 2.14. The third kappa shape index (κ3) is 4.59. The van der Waals surface area contributed by atoms with Crippen LogP contribution in [-0.4, -0.2) is 33.9 Å². The maximum atomic E-state index is 12.1. The zero-order valence-corrected chi connectivity index (χ0v) is 15.5. The first-order chi connectivity index (χ1) is 14.0. The molecule has 0 unspecified atom stereocenters. The molecule has 0 saturated carbocycles. The Morgan fingerprint density at radius 2 is 1.86 bits per heavy atom. The zero-order chi connectivity index (χ0) is 20.8. The molecule has 3 rings (SSSR count). The van der Waals surface area contributed by atoms with Crippen LogP contribution in [0, 0.1) is 0 Å². The normalized spacial score (nSPS) is 10.8. The van der Waals surface area contributed by atoms with E-state index in [4.69, 9.17) is 4.74 Å². The molecule has 29 heavy (non-hydrogen) atoms. The Morgan fingerprint density at radius 3 is 2.52 bits per heavy atom. The lowest BCUT2D eigenvalue weighted by molar-refractivity contribution is 0.0955. The van der Waals surface area contributed by atoms with Crippen LogP contribution in [-0.2, 0) is 6.54 Å². The second-order valence-electron chi connectivity index (χ2n) is 6.00. The third-order valence-corrected chi connectivity index (χ3v) is 4.10. The van der Waals surface area contributed by atoms with Crippen LogP contribution in [0.15, 0.2) is 69.3 Å². The molecule has 3 aromatic rings. The van der Waals surface area contributed by atoms with Crippen LogP contribution in [0.5, 0.6) is 11.6 Å². The number of carbonyl (C=O) groups excluding carboxylic acids is 1. The largest absolute Gasteiger partial charge is 0.497 e. The summed E-state index contributed by atoms with van der Waals surface area (Å²) in [6.45, 7) is 0.0165. The fraction of sp³-hybridized carbons (Fsp3) is 0.100. The van der Waals surface area contributed by atoms with Gasteiger partial charge in [0.1, 0.15) is 11.3 Å². The summed E-state index contributed by atoms with van der Waals surface area (Å²) in [5.41, 5.74) is 1.50. The highest BCUT2D eigenvalue weighted by molar-refractivity contribution is 5.94. The van der Waals surface area contributed by atoms with Gasteiger partial charge in [0.15, 0.2) is 0 Å². The van der Waals surface area contributed by atoms with E-state index in [9.17, 15) is 19.5 Å². The van der Waals surface area contributed by atoms with Gasteiger partial charge in [0.2, 0.25) is 5.88 Å². The SMILES string of the molecule is COc1ccc(Cn2c(O)c(C=NNC(=O)c3ccccc3)c(=O)[nH]c2=O)cc1. The minimum atomic E-state index is -0.823. The lowest BCUT2D eigenvalue weighted by Crippen LogP contribution is -2.32. The van der Waals surface area contributed by atoms with Gasteiger partial charge < -0.3 is 9.84 Å². The second-order valence-corrected chi connectivity index (χ2v) is 6.00. The van der Waals surface area contributed by atoms with Crippen molar-refractivity contribution in [3.8, 4) is 11.6 Å². The van der Waals surface area contributed by atoms with Gasteiger partial charge in [-0.05, 0) is 29.8 Å². The number of aromatic hydroxyl groups is 1. The summed E-state index contributed by atoms with van der Waals surface area (Å²) in [6, 6.07) is 15.2. The Bertz CT molecular complexity index is 1150. The minimum Gasteiger partial charge on any atom is -0.497 e. The fourth-order valence-corrected chi connectivity index (χ4v) is 2.56. The molecule has 1 heterocycles. The van der Waals surface area contributed by atoms with Crippen molar-refractivity contribution < 1.29 is 14.6 Å². The van der Waals surface area contributed by atoms with Crippen molar-refractivity contribution in [2.75, 3.05) is 7.11 Å². The van der Waals surface area contributed by atoms with Crippen molar-refractivity contribution in [3.63, 3.8) is 0 Å². The van der Waals surface area contributed by atoms with E-state index in [1.807, 2.05) is 0 Å². The summed E-state index contributed by atoms with van der Waals surface area (Å²) in [4.78, 5) is 38.3. The van der Waals surface area contributed by atoms with Crippen molar-refractivity contribution in [2.24, 2.45) is 5.10 Å². The minimum absolute atomic E-state index is 0.0165. The number of H-pyrrole nitrogens is 1. The van der Waals surface area contributed by atoms with Gasteiger partial charge in [-0.25, -0.2) is 10.2 Å². The van der Waals surface area contributed by atoms with Crippen LogP contribution in [0.2, 0.25) is 0 Å². The number of aromatic amines is 1. The maximum Gasteiger partial charge on any atom is 0.331 e. The van der Waals surface area contributed by atoms with Gasteiger partial charge in [0.05, 0.1) is 19.9 Å². The molecule has 0 aliphatic rings. The van der Waals surface area contributed by atoms with Crippen LogP contribution < -0.4 is 21.4 Å². The smallest absolute Gasteiger partial charge is 0.331 e. The van der Waals surface area contributed by atoms with E-state index in [2.05, 4.69) is 15.5 Å². The number of hydrogen-bond acceptors (Lipinski definition) is 6. The van der Waals surface area contributed by atoms with E-state index in [1.165, 1.54) is 7.11 Å². The molecule has 0 atom stereocenters. The number of nitrogens with zero attached hydrogens (tertiary/aromatic N) is 2. The summed E-state index contributed by atoms with van der Waals surface area (Å²) in [5, 5.41) is 14.1. The average Bonchev–Trinajstić information content (AvgIpc) is 2.74. The average molecular weight is 394 g/mol. The highest BCUT2D eigenvalue weighted by Gasteiger charge is 2.13. The molecule has 0 spiro atoms. The lowest BCUT2D eigenvalue weighted by Gasteiger charge is -2.10. The number of hydrogen-bond donors (Lipinski definition) is 3. The standard InChI is InChI=1S/C20H18N4O5/c1-29-15-9-7-13(8-10-15)12-24-19(27)16(18(26)22-20(24)28)11-21-23-17(25)14-5-3-2-4-6-14/h2-11,27H,12H2,1H3,(H,23,25)(H,22,26,28). The topological polar surface area (TPSA) is 126 Å². The van der Waals surface area contributed by atoms with Crippen LogP contribution in [0.4, 0.5) is 0 Å². The number of hydrazone groups is 1. The van der Waals surface area contributed by atoms with Crippen molar-refractivity contribution >= 4 is 12.1 Å². The molecule has 148 valence electrons. The molecule has 0 bridgehead atoms. The highest BCUT2D eigenvalue weighted by atomic mass is 16.5. The number of rotatable bonds is 6. The van der Waals surface area contributed by atoms with E-state index in [0.29, 0.717) is 16.9 Å². The van der Waals surface area contributed by atoms with Crippen molar-refractivity contribution in [1.29, 1.82) is 0 Å². The van der Waals surface area contributed by atoms with Gasteiger partial charge >= 0.3 is 5.69 Å². The first-order valence-corrected chi connectivity index (χ1v) is 8.57. The fourth-order valence-electron chi connectivity index (χ4n) is 2.56. The van der Waals surface area contributed by atoms with E-state index in [0.717, 1.165) is 10.8 Å². The summed E-state index contributed by atoms with van der Waals surface area (Å²) in [6.07, 6.45) is 0.985. The molecule has 9 heteroatoms. The number of carbonyl (C=O) groups is 1. The Labute approximate surface area is 164 Å². The van der Waals surface area contributed by atoms with Gasteiger partial charge in [-0.15, -0.1) is 0 Å². The number of nitrogens with one attached hydrogen (secondary N) is 2. The van der Waals surface area contributed by atoms with Crippen LogP contribution >= 0.6 is 0 Å². The van der Waals surface area contributed by atoms with Gasteiger partial charge in [-0.3, -0.25) is 19.1 Å². The summed E-state index contributed by atoms with van der Waals surface area (Å²) < 4.78 is 6.07. The van der Waals surface area contributed by atoms with Crippen LogP contribution in [0.3, 0.4) is 0 Å². The van der Waals surface area contributed by atoms with Gasteiger partial charge in [0, 0.05) is 5.56 Å². The number of ether oxygens (including phenoxy) is 1. The molecule has 3 N–H and O–H groups in total. The molecular weight excluding hydrogens is 376 g/mol. The summed E-state index contributed by atoms with van der Waals surface area (Å²) in [7, 11) is 1.54. The second kappa shape index (κ2) is 8.70. The van der Waals surface area contributed by atoms with Gasteiger partial charge in [-0.1, -0.05) is 30.3 Å². The van der Waals surface area contributed by atoms with E-state index >= 15 is 0 Å². The molecule has 9 nitrogen and oxygen atoms in total. The predicted octanol–water partition coefficient (Wildman–Crippen LogP) is 1.06. The Kier molecular flexibility index (Phi) is 5.88. The van der Waals surface area contributed by atoms with Crippen molar-refractivity contribution in [1.82, 2.24) is 15.0 Å². The van der Waals surface area contributed by atoms with E-state index in [-0.39, 0.29) is 12.1 Å². The Morgan fingerprint density at radius 1 is 1.17 bits per heavy atom. The van der Waals surface area contributed by atoms with Gasteiger partial charge in [0.25, 0.3) is 11.5 Å². The van der Waals surface area contributed by atoms with Crippen molar-refractivity contribution in [2.45, 2.75) is 6.54 Å². The van der Waals surface area contributed by atoms with E-state index in [1.54, 1.807) is 54.6 Å². The molecule has 0 aliphatic carbocycles. The number of methoxy groups -OCH3 is 1. The molecule has 1 amide bonds. The molecule has 1 aromatic heterocycles. The first-order valence-electron chi connectivity index (χ1n) is 8.57. The predicted molar refractivity (Wildman–Crippen MR) is 107 cm³/mol. The molecule has 0 saturated heterocycles. The number of aromatic nitrogens is 2. The Hall–Kier alpha value is -4.14. The molecule has 0 aliphatic heterocycles.